The van der Waals surface area contributed by atoms with Crippen LogP contribution in [0.25, 0.3) is 22.2 Å². The Kier molecular flexibility index (Phi) is 7.63. The summed E-state index contributed by atoms with van der Waals surface area (Å²) in [5.74, 6) is 0.263. The van der Waals surface area contributed by atoms with Gasteiger partial charge < -0.3 is 24.7 Å². The summed E-state index contributed by atoms with van der Waals surface area (Å²) in [6.45, 7) is 6.06. The van der Waals surface area contributed by atoms with Gasteiger partial charge in [0, 0.05) is 30.6 Å². The lowest BCUT2D eigenvalue weighted by Crippen LogP contribution is -2.44. The molecule has 3 aromatic rings. The first-order valence-corrected chi connectivity index (χ1v) is 13.1. The molecule has 0 bridgehead atoms. The first kappa shape index (κ1) is 24.5. The van der Waals surface area contributed by atoms with Crippen molar-refractivity contribution in [2.24, 2.45) is 0 Å². The van der Waals surface area contributed by atoms with Crippen molar-refractivity contribution < 1.29 is 14.3 Å². The average Bonchev–Trinajstić information content (AvgIpc) is 3.28. The number of nitrogens with zero attached hydrogens (tertiary/aromatic N) is 1. The van der Waals surface area contributed by atoms with Gasteiger partial charge in [-0.15, -0.1) is 6.58 Å². The van der Waals surface area contributed by atoms with Crippen LogP contribution in [0.2, 0.25) is 0 Å². The molecular weight excluding hydrogens is 450 g/mol. The number of morpholine rings is 1. The van der Waals surface area contributed by atoms with Gasteiger partial charge in [-0.2, -0.15) is 0 Å². The number of carbonyl (C=O) groups is 2. The molecule has 1 aromatic heterocycles. The molecule has 2 fully saturated rings. The Labute approximate surface area is 212 Å². The lowest BCUT2D eigenvalue weighted by atomic mass is 9.81. The molecule has 2 aliphatic rings. The second kappa shape index (κ2) is 11.2. The van der Waals surface area contributed by atoms with Crippen LogP contribution < -0.4 is 10.6 Å². The monoisotopic (exact) mass is 485 g/mol. The Morgan fingerprint density at radius 1 is 1.17 bits per heavy atom. The summed E-state index contributed by atoms with van der Waals surface area (Å²) >= 11 is 0. The molecule has 2 unspecified atom stereocenters. The lowest BCUT2D eigenvalue weighted by Gasteiger charge is -2.31. The fraction of sp³-hybridized carbons (Fsp3) is 0.400. The highest BCUT2D eigenvalue weighted by molar-refractivity contribution is 6.01. The maximum Gasteiger partial charge on any atom is 0.251 e. The van der Waals surface area contributed by atoms with E-state index in [4.69, 9.17) is 4.74 Å². The van der Waals surface area contributed by atoms with Gasteiger partial charge in [-0.25, -0.2) is 0 Å². The van der Waals surface area contributed by atoms with E-state index in [2.05, 4.69) is 40.0 Å². The minimum absolute atomic E-state index is 0.150. The molecule has 1 saturated heterocycles. The van der Waals surface area contributed by atoms with Crippen molar-refractivity contribution >= 4 is 23.1 Å². The highest BCUT2D eigenvalue weighted by atomic mass is 16.5. The summed E-state index contributed by atoms with van der Waals surface area (Å²) in [6, 6.07) is 15.8. The molecule has 6 heteroatoms. The van der Waals surface area contributed by atoms with E-state index in [1.54, 1.807) is 6.08 Å². The predicted octanol–water partition coefficient (Wildman–Crippen LogP) is 5.00. The van der Waals surface area contributed by atoms with Crippen LogP contribution in [0.15, 0.2) is 61.2 Å². The van der Waals surface area contributed by atoms with E-state index < -0.39 is 6.04 Å². The topological polar surface area (TPSA) is 72.4 Å². The van der Waals surface area contributed by atoms with Crippen molar-refractivity contribution in [2.45, 2.75) is 50.2 Å². The third kappa shape index (κ3) is 4.75. The number of nitrogens with one attached hydrogen (secondary N) is 2. The standard InChI is InChI=1S/C30H35N3O3/c1-2-15-32-30(35)23-13-14-24-25(18-23)33(26(20-34)27-19-31-16-17-36-27)29(22-11-7-4-8-12-22)28(24)21-9-5-3-6-10-21/h2,4,7-8,11-14,18,20-21,26-27,31H,1,3,5-6,9-10,15-17,19H2,(H,32,35). The Morgan fingerprint density at radius 2 is 1.97 bits per heavy atom. The average molecular weight is 486 g/mol. The van der Waals surface area contributed by atoms with Crippen molar-refractivity contribution in [1.29, 1.82) is 0 Å². The van der Waals surface area contributed by atoms with Crippen LogP contribution in [0.3, 0.4) is 0 Å². The number of fused-ring (bicyclic) bond motifs is 1. The van der Waals surface area contributed by atoms with E-state index in [9.17, 15) is 9.59 Å². The quantitative estimate of drug-likeness (QED) is 0.348. The van der Waals surface area contributed by atoms with Gasteiger partial charge in [-0.3, -0.25) is 4.79 Å². The molecule has 5 rings (SSSR count). The van der Waals surface area contributed by atoms with Gasteiger partial charge in [0.15, 0.2) is 0 Å². The van der Waals surface area contributed by atoms with Crippen molar-refractivity contribution in [3.05, 3.63) is 72.3 Å². The van der Waals surface area contributed by atoms with Gasteiger partial charge in [-0.1, -0.05) is 61.7 Å². The largest absolute Gasteiger partial charge is 0.373 e. The molecule has 2 N–H and O–H groups in total. The molecular formula is C30H35N3O3. The number of aldehydes is 1. The van der Waals surface area contributed by atoms with Crippen LogP contribution in [0, 0.1) is 0 Å². The number of rotatable bonds is 8. The summed E-state index contributed by atoms with van der Waals surface area (Å²) in [5.41, 5.74) is 4.94. The Morgan fingerprint density at radius 3 is 2.67 bits per heavy atom. The van der Waals surface area contributed by atoms with Crippen LogP contribution >= 0.6 is 0 Å². The molecule has 2 atom stereocenters. The van der Waals surface area contributed by atoms with Gasteiger partial charge in [0.2, 0.25) is 0 Å². The maximum absolute atomic E-state index is 12.9. The highest BCUT2D eigenvalue weighted by Crippen LogP contribution is 2.45. The summed E-state index contributed by atoms with van der Waals surface area (Å²) < 4.78 is 8.26. The van der Waals surface area contributed by atoms with E-state index in [0.29, 0.717) is 31.2 Å². The first-order chi connectivity index (χ1) is 17.7. The predicted molar refractivity (Wildman–Crippen MR) is 143 cm³/mol. The Balaban J connectivity index is 1.77. The van der Waals surface area contributed by atoms with E-state index in [0.717, 1.165) is 47.8 Å². The van der Waals surface area contributed by atoms with E-state index in [1.165, 1.54) is 24.8 Å². The number of ether oxygens (including phenoxy) is 1. The molecule has 6 nitrogen and oxygen atoms in total. The molecule has 0 radical (unpaired) electrons. The van der Waals surface area contributed by atoms with Gasteiger partial charge in [0.1, 0.15) is 12.3 Å². The second-order valence-electron chi connectivity index (χ2n) is 9.80. The minimum atomic E-state index is -0.515. The van der Waals surface area contributed by atoms with Gasteiger partial charge in [0.25, 0.3) is 5.91 Å². The number of hydrogen-bond acceptors (Lipinski definition) is 4. The van der Waals surface area contributed by atoms with Crippen LogP contribution in [-0.4, -0.2) is 49.1 Å². The zero-order valence-electron chi connectivity index (χ0n) is 20.7. The fourth-order valence-corrected chi connectivity index (χ4v) is 5.87. The number of hydrogen-bond donors (Lipinski definition) is 2. The van der Waals surface area contributed by atoms with Crippen LogP contribution in [0.4, 0.5) is 0 Å². The van der Waals surface area contributed by atoms with E-state index >= 15 is 0 Å². The minimum Gasteiger partial charge on any atom is -0.373 e. The summed E-state index contributed by atoms with van der Waals surface area (Å²) in [5, 5.41) is 7.39. The molecule has 188 valence electrons. The van der Waals surface area contributed by atoms with E-state index in [-0.39, 0.29) is 12.0 Å². The molecule has 1 aliphatic heterocycles. The summed E-state index contributed by atoms with van der Waals surface area (Å²) in [6.07, 6.45) is 8.35. The summed E-state index contributed by atoms with van der Waals surface area (Å²) in [7, 11) is 0. The van der Waals surface area contributed by atoms with E-state index in [1.807, 2.05) is 30.3 Å². The highest BCUT2D eigenvalue weighted by Gasteiger charge is 2.33. The second-order valence-corrected chi connectivity index (χ2v) is 9.80. The van der Waals surface area contributed by atoms with Crippen molar-refractivity contribution in [3.63, 3.8) is 0 Å². The number of amides is 1. The normalized spacial score (nSPS) is 19.6. The number of aromatic nitrogens is 1. The lowest BCUT2D eigenvalue weighted by molar-refractivity contribution is -0.115. The van der Waals surface area contributed by atoms with Crippen molar-refractivity contribution in [2.75, 3.05) is 26.2 Å². The molecule has 0 spiro atoms. The Bertz CT molecular complexity index is 1220. The zero-order valence-corrected chi connectivity index (χ0v) is 20.7. The zero-order chi connectivity index (χ0) is 24.9. The number of benzene rings is 2. The van der Waals surface area contributed by atoms with Gasteiger partial charge >= 0.3 is 0 Å². The smallest absolute Gasteiger partial charge is 0.251 e. The first-order valence-electron chi connectivity index (χ1n) is 13.1. The SMILES string of the molecule is C=CCNC(=O)c1ccc2c(C3CCCCC3)c(-c3ccccc3)n(C(C=O)C3CNCCO3)c2c1. The van der Waals surface area contributed by atoms with Crippen molar-refractivity contribution in [1.82, 2.24) is 15.2 Å². The van der Waals surface area contributed by atoms with Crippen molar-refractivity contribution in [3.8, 4) is 11.3 Å². The summed E-state index contributed by atoms with van der Waals surface area (Å²) in [4.78, 5) is 25.6. The molecule has 36 heavy (non-hydrogen) atoms. The van der Waals surface area contributed by atoms with Crippen LogP contribution in [0.5, 0.6) is 0 Å². The van der Waals surface area contributed by atoms with Gasteiger partial charge in [-0.05, 0) is 42.0 Å². The molecule has 2 heterocycles. The molecule has 2 aromatic carbocycles. The van der Waals surface area contributed by atoms with Crippen LogP contribution in [0.1, 0.15) is 60.0 Å². The molecule has 1 aliphatic carbocycles. The third-order valence-electron chi connectivity index (χ3n) is 7.55. The Hall–Kier alpha value is -3.22. The number of carbonyl (C=O) groups excluding carboxylic acids is 2. The molecule has 1 saturated carbocycles. The van der Waals surface area contributed by atoms with Gasteiger partial charge in [0.05, 0.1) is 23.9 Å². The molecule has 1 amide bonds. The third-order valence-corrected chi connectivity index (χ3v) is 7.55. The van der Waals surface area contributed by atoms with Crippen LogP contribution in [-0.2, 0) is 9.53 Å². The maximum atomic E-state index is 12.9. The fourth-order valence-electron chi connectivity index (χ4n) is 5.87.